The van der Waals surface area contributed by atoms with Crippen LogP contribution < -0.4 is 10.6 Å². The smallest absolute Gasteiger partial charge is 0.411 e. The summed E-state index contributed by atoms with van der Waals surface area (Å²) in [5, 5.41) is 14.3. The first-order chi connectivity index (χ1) is 16.3. The second-order valence-corrected chi connectivity index (χ2v) is 8.43. The van der Waals surface area contributed by atoms with Gasteiger partial charge in [0.1, 0.15) is 6.61 Å². The van der Waals surface area contributed by atoms with Crippen molar-refractivity contribution in [3.8, 4) is 11.1 Å². The number of hydrogen-bond donors (Lipinski definition) is 3. The van der Waals surface area contributed by atoms with Gasteiger partial charge in [0, 0.05) is 23.7 Å². The van der Waals surface area contributed by atoms with Crippen LogP contribution in [0.2, 0.25) is 0 Å². The molecule has 0 saturated heterocycles. The van der Waals surface area contributed by atoms with Gasteiger partial charge in [-0.2, -0.15) is 0 Å². The first-order valence-corrected chi connectivity index (χ1v) is 11.1. The number of carboxylic acids is 1. The van der Waals surface area contributed by atoms with Gasteiger partial charge in [0.2, 0.25) is 0 Å². The molecule has 1 unspecified atom stereocenters. The van der Waals surface area contributed by atoms with Crippen molar-refractivity contribution in [2.24, 2.45) is 5.92 Å². The third-order valence-corrected chi connectivity index (χ3v) is 6.07. The van der Waals surface area contributed by atoms with Crippen LogP contribution in [0.3, 0.4) is 0 Å². The van der Waals surface area contributed by atoms with Crippen LogP contribution in [0.15, 0.2) is 66.7 Å². The average Bonchev–Trinajstić information content (AvgIpc) is 3.16. The van der Waals surface area contributed by atoms with Crippen LogP contribution in [0.25, 0.3) is 11.1 Å². The van der Waals surface area contributed by atoms with Gasteiger partial charge in [-0.25, -0.2) is 4.79 Å². The number of nitrogens with one attached hydrogen (secondary N) is 2. The molecular formula is C27H26N2O5. The van der Waals surface area contributed by atoms with Crippen LogP contribution in [0.1, 0.15) is 39.9 Å². The Bertz CT molecular complexity index is 1210. The van der Waals surface area contributed by atoms with Gasteiger partial charge >= 0.3 is 12.1 Å². The lowest BCUT2D eigenvalue weighted by Crippen LogP contribution is -2.31. The number of carbonyl (C=O) groups excluding carboxylic acids is 2. The summed E-state index contributed by atoms with van der Waals surface area (Å²) in [5.74, 6) is -2.15. The van der Waals surface area contributed by atoms with Crippen LogP contribution in [-0.4, -0.2) is 36.2 Å². The maximum absolute atomic E-state index is 12.6. The van der Waals surface area contributed by atoms with Crippen molar-refractivity contribution in [1.82, 2.24) is 5.32 Å². The molecule has 3 N–H and O–H groups in total. The zero-order chi connectivity index (χ0) is 24.2. The summed E-state index contributed by atoms with van der Waals surface area (Å²) in [6.45, 7) is 3.53. The van der Waals surface area contributed by atoms with Crippen LogP contribution in [0.4, 0.5) is 10.5 Å². The van der Waals surface area contributed by atoms with Gasteiger partial charge in [0.15, 0.2) is 0 Å². The lowest BCUT2D eigenvalue weighted by Gasteiger charge is -2.16. The summed E-state index contributed by atoms with van der Waals surface area (Å²) >= 11 is 0. The van der Waals surface area contributed by atoms with Crippen molar-refractivity contribution in [3.05, 3.63) is 89.0 Å². The van der Waals surface area contributed by atoms with E-state index in [2.05, 4.69) is 34.9 Å². The minimum Gasteiger partial charge on any atom is -0.481 e. The minimum absolute atomic E-state index is 0.0111. The Balaban J connectivity index is 1.41. The molecule has 1 aliphatic carbocycles. The summed E-state index contributed by atoms with van der Waals surface area (Å²) in [5.41, 5.74) is 6.10. The molecule has 0 saturated carbocycles. The molecule has 2 amide bonds. The molecule has 1 aliphatic rings. The molecule has 0 aromatic heterocycles. The number of benzene rings is 3. The molecule has 0 aliphatic heterocycles. The van der Waals surface area contributed by atoms with Crippen LogP contribution in [0, 0.1) is 12.8 Å². The number of rotatable bonds is 7. The molecule has 1 atom stereocenters. The van der Waals surface area contributed by atoms with Gasteiger partial charge in [-0.05, 0) is 46.9 Å². The molecule has 34 heavy (non-hydrogen) atoms. The number of ether oxygens (including phenoxy) is 1. The second-order valence-electron chi connectivity index (χ2n) is 8.43. The normalized spacial score (nSPS) is 12.9. The second kappa shape index (κ2) is 9.79. The Morgan fingerprint density at radius 3 is 2.21 bits per heavy atom. The topological polar surface area (TPSA) is 105 Å². The Morgan fingerprint density at radius 2 is 1.59 bits per heavy atom. The summed E-state index contributed by atoms with van der Waals surface area (Å²) < 4.78 is 5.59. The van der Waals surface area contributed by atoms with Crippen LogP contribution in [-0.2, 0) is 9.53 Å². The lowest BCUT2D eigenvalue weighted by atomic mass is 9.98. The van der Waals surface area contributed by atoms with E-state index in [-0.39, 0.29) is 19.1 Å². The number of hydrogen-bond acceptors (Lipinski definition) is 4. The van der Waals surface area contributed by atoms with Crippen LogP contribution >= 0.6 is 0 Å². The number of carboxylic acid groups (broad SMARTS) is 1. The maximum atomic E-state index is 12.6. The van der Waals surface area contributed by atoms with Crippen molar-refractivity contribution in [2.75, 3.05) is 18.5 Å². The number of aliphatic carboxylic acids is 1. The van der Waals surface area contributed by atoms with E-state index in [1.165, 1.54) is 6.92 Å². The van der Waals surface area contributed by atoms with Gasteiger partial charge in [-0.3, -0.25) is 14.9 Å². The fourth-order valence-electron chi connectivity index (χ4n) is 4.08. The van der Waals surface area contributed by atoms with E-state index in [0.717, 1.165) is 27.8 Å². The molecular weight excluding hydrogens is 432 g/mol. The summed E-state index contributed by atoms with van der Waals surface area (Å²) in [4.78, 5) is 36.0. The van der Waals surface area contributed by atoms with Crippen molar-refractivity contribution < 1.29 is 24.2 Å². The van der Waals surface area contributed by atoms with Crippen molar-refractivity contribution in [3.63, 3.8) is 0 Å². The molecule has 0 heterocycles. The quantitative estimate of drug-likeness (QED) is 0.471. The predicted molar refractivity (Wildman–Crippen MR) is 129 cm³/mol. The van der Waals surface area contributed by atoms with Crippen LogP contribution in [0.5, 0.6) is 0 Å². The monoisotopic (exact) mass is 458 g/mol. The largest absolute Gasteiger partial charge is 0.481 e. The maximum Gasteiger partial charge on any atom is 0.411 e. The number of fused-ring (bicyclic) bond motifs is 3. The Kier molecular flexibility index (Phi) is 6.63. The predicted octanol–water partition coefficient (Wildman–Crippen LogP) is 4.81. The third-order valence-electron chi connectivity index (χ3n) is 6.07. The number of amides is 2. The molecule has 3 aromatic rings. The summed E-state index contributed by atoms with van der Waals surface area (Å²) in [7, 11) is 0. The van der Waals surface area contributed by atoms with E-state index in [1.54, 1.807) is 18.2 Å². The molecule has 4 rings (SSSR count). The third kappa shape index (κ3) is 4.78. The molecule has 3 aromatic carbocycles. The first-order valence-electron chi connectivity index (χ1n) is 11.1. The Hall–Kier alpha value is -4.13. The van der Waals surface area contributed by atoms with E-state index >= 15 is 0 Å². The molecule has 0 spiro atoms. The van der Waals surface area contributed by atoms with Crippen molar-refractivity contribution >= 4 is 23.7 Å². The highest BCUT2D eigenvalue weighted by Crippen LogP contribution is 2.44. The molecule has 7 nitrogen and oxygen atoms in total. The molecule has 174 valence electrons. The minimum atomic E-state index is -0.984. The fourth-order valence-corrected chi connectivity index (χ4v) is 4.08. The highest BCUT2D eigenvalue weighted by molar-refractivity contribution is 5.97. The molecule has 0 fully saturated rings. The van der Waals surface area contributed by atoms with Gasteiger partial charge in [-0.15, -0.1) is 0 Å². The molecule has 7 heteroatoms. The zero-order valence-corrected chi connectivity index (χ0v) is 19.0. The average molecular weight is 459 g/mol. The highest BCUT2D eigenvalue weighted by atomic mass is 16.5. The van der Waals surface area contributed by atoms with E-state index < -0.39 is 23.9 Å². The van der Waals surface area contributed by atoms with Crippen molar-refractivity contribution in [1.29, 1.82) is 0 Å². The van der Waals surface area contributed by atoms with E-state index in [9.17, 15) is 14.4 Å². The van der Waals surface area contributed by atoms with Gasteiger partial charge in [0.25, 0.3) is 5.91 Å². The van der Waals surface area contributed by atoms with Crippen molar-refractivity contribution in [2.45, 2.75) is 19.8 Å². The summed E-state index contributed by atoms with van der Waals surface area (Å²) in [6, 6.07) is 21.1. The van der Waals surface area contributed by atoms with Gasteiger partial charge in [-0.1, -0.05) is 61.5 Å². The van der Waals surface area contributed by atoms with E-state index in [0.29, 0.717) is 11.3 Å². The highest BCUT2D eigenvalue weighted by Gasteiger charge is 2.29. The molecule has 0 bridgehead atoms. The SMILES string of the molecule is Cc1ccc(C(=O)NCC(C)C(=O)O)cc1NC(=O)OCC1c2ccccc2-c2ccccc21. The standard InChI is InChI=1S/C27H26N2O5/c1-16-11-12-18(25(30)28-14-17(2)26(31)32)13-24(16)29-27(33)34-15-23-21-9-5-3-7-19(21)20-8-4-6-10-22(20)23/h3-13,17,23H,14-15H2,1-2H3,(H,28,30)(H,29,33)(H,31,32). The number of carbonyl (C=O) groups is 3. The number of anilines is 1. The Morgan fingerprint density at radius 1 is 0.971 bits per heavy atom. The first kappa shape index (κ1) is 23.0. The summed E-state index contributed by atoms with van der Waals surface area (Å²) in [6.07, 6.45) is -0.609. The van der Waals surface area contributed by atoms with Gasteiger partial charge in [0.05, 0.1) is 5.92 Å². The number of aryl methyl sites for hydroxylation is 1. The molecule has 0 radical (unpaired) electrons. The van der Waals surface area contributed by atoms with E-state index in [1.807, 2.05) is 31.2 Å². The lowest BCUT2D eigenvalue weighted by molar-refractivity contribution is -0.140. The zero-order valence-electron chi connectivity index (χ0n) is 19.0. The fraction of sp³-hybridized carbons (Fsp3) is 0.222. The Labute approximate surface area is 197 Å². The van der Waals surface area contributed by atoms with E-state index in [4.69, 9.17) is 9.84 Å². The van der Waals surface area contributed by atoms with Gasteiger partial charge < -0.3 is 15.2 Å².